The summed E-state index contributed by atoms with van der Waals surface area (Å²) in [5, 5.41) is 11.8. The highest BCUT2D eigenvalue weighted by molar-refractivity contribution is 5.51. The third-order valence-electron chi connectivity index (χ3n) is 4.93. The first-order valence-electron chi connectivity index (χ1n) is 8.66. The Hall–Kier alpha value is -1.76. The first kappa shape index (κ1) is 15.7. The average molecular weight is 329 g/mol. The van der Waals surface area contributed by atoms with E-state index in [9.17, 15) is 0 Å². The highest BCUT2D eigenvalue weighted by Gasteiger charge is 2.38. The van der Waals surface area contributed by atoms with Crippen LogP contribution in [-0.2, 0) is 16.0 Å². The van der Waals surface area contributed by atoms with Gasteiger partial charge in [0.15, 0.2) is 0 Å². The SMILES string of the molecule is c1ccc(-c2nnc(CN[C@@H]3CCOC4(CCOCC4)C3)o2)cc1. The van der Waals surface area contributed by atoms with Crippen LogP contribution in [0, 0.1) is 0 Å². The van der Waals surface area contributed by atoms with Crippen molar-refractivity contribution in [2.75, 3.05) is 19.8 Å². The van der Waals surface area contributed by atoms with Crippen molar-refractivity contribution in [1.29, 1.82) is 0 Å². The molecule has 6 nitrogen and oxygen atoms in total. The van der Waals surface area contributed by atoms with E-state index >= 15 is 0 Å². The summed E-state index contributed by atoms with van der Waals surface area (Å²) < 4.78 is 17.3. The highest BCUT2D eigenvalue weighted by Crippen LogP contribution is 2.34. The molecule has 0 saturated carbocycles. The summed E-state index contributed by atoms with van der Waals surface area (Å²) in [6.45, 7) is 3.00. The van der Waals surface area contributed by atoms with Gasteiger partial charge in [0.05, 0.1) is 12.1 Å². The van der Waals surface area contributed by atoms with Crippen molar-refractivity contribution in [3.63, 3.8) is 0 Å². The van der Waals surface area contributed by atoms with E-state index < -0.39 is 0 Å². The molecular weight excluding hydrogens is 306 g/mol. The Kier molecular flexibility index (Phi) is 4.60. The molecule has 1 spiro atoms. The highest BCUT2D eigenvalue weighted by atomic mass is 16.5. The maximum atomic E-state index is 6.08. The molecule has 1 atom stereocenters. The molecule has 0 bridgehead atoms. The smallest absolute Gasteiger partial charge is 0.247 e. The topological polar surface area (TPSA) is 69.4 Å². The van der Waals surface area contributed by atoms with Crippen LogP contribution in [0.15, 0.2) is 34.7 Å². The molecule has 0 unspecified atom stereocenters. The minimum atomic E-state index is -0.00178. The normalized spacial score (nSPS) is 23.4. The lowest BCUT2D eigenvalue weighted by Gasteiger charge is -2.43. The van der Waals surface area contributed by atoms with Crippen molar-refractivity contribution in [2.24, 2.45) is 0 Å². The molecule has 2 fully saturated rings. The summed E-state index contributed by atoms with van der Waals surface area (Å²) >= 11 is 0. The van der Waals surface area contributed by atoms with Gasteiger partial charge in [0.2, 0.25) is 11.8 Å². The molecule has 24 heavy (non-hydrogen) atoms. The standard InChI is InChI=1S/C18H23N3O3/c1-2-4-14(5-3-1)17-21-20-16(24-17)13-19-15-6-9-23-18(12-15)7-10-22-11-8-18/h1-5,15,19H,6-13H2/t15-/m1/s1. The van der Waals surface area contributed by atoms with Gasteiger partial charge in [-0.15, -0.1) is 10.2 Å². The van der Waals surface area contributed by atoms with Gasteiger partial charge in [-0.05, 0) is 37.8 Å². The first-order valence-corrected chi connectivity index (χ1v) is 8.66. The Labute approximate surface area is 141 Å². The van der Waals surface area contributed by atoms with Crippen molar-refractivity contribution in [3.8, 4) is 11.5 Å². The van der Waals surface area contributed by atoms with Crippen LogP contribution in [0.3, 0.4) is 0 Å². The molecule has 0 amide bonds. The van der Waals surface area contributed by atoms with Crippen molar-refractivity contribution in [3.05, 3.63) is 36.2 Å². The minimum Gasteiger partial charge on any atom is -0.419 e. The summed E-state index contributed by atoms with van der Waals surface area (Å²) in [5.74, 6) is 1.20. The van der Waals surface area contributed by atoms with E-state index in [0.717, 1.165) is 51.1 Å². The molecule has 2 aromatic rings. The quantitative estimate of drug-likeness (QED) is 0.930. The largest absolute Gasteiger partial charge is 0.419 e. The zero-order valence-corrected chi connectivity index (χ0v) is 13.7. The maximum Gasteiger partial charge on any atom is 0.247 e. The fourth-order valence-corrected chi connectivity index (χ4v) is 3.55. The van der Waals surface area contributed by atoms with E-state index in [2.05, 4.69) is 15.5 Å². The third kappa shape index (κ3) is 3.50. The monoisotopic (exact) mass is 329 g/mol. The lowest BCUT2D eigenvalue weighted by atomic mass is 9.84. The molecule has 6 heteroatoms. The second-order valence-electron chi connectivity index (χ2n) is 6.58. The third-order valence-corrected chi connectivity index (χ3v) is 4.93. The van der Waals surface area contributed by atoms with Crippen molar-refractivity contribution in [2.45, 2.75) is 43.9 Å². The van der Waals surface area contributed by atoms with Gasteiger partial charge < -0.3 is 19.2 Å². The molecule has 0 radical (unpaired) electrons. The van der Waals surface area contributed by atoms with Gasteiger partial charge in [0.1, 0.15) is 0 Å². The summed E-state index contributed by atoms with van der Waals surface area (Å²) in [7, 11) is 0. The average Bonchev–Trinajstić information content (AvgIpc) is 3.11. The molecule has 2 aliphatic heterocycles. The van der Waals surface area contributed by atoms with Crippen LogP contribution in [0.5, 0.6) is 0 Å². The summed E-state index contributed by atoms with van der Waals surface area (Å²) in [6.07, 6.45) is 4.02. The van der Waals surface area contributed by atoms with Crippen LogP contribution in [-0.4, -0.2) is 41.7 Å². The van der Waals surface area contributed by atoms with E-state index in [4.69, 9.17) is 13.9 Å². The van der Waals surface area contributed by atoms with E-state index in [0.29, 0.717) is 24.4 Å². The Bertz CT molecular complexity index is 647. The van der Waals surface area contributed by atoms with Gasteiger partial charge in [-0.25, -0.2) is 0 Å². The summed E-state index contributed by atoms with van der Waals surface area (Å²) in [6, 6.07) is 10.3. The molecule has 1 aromatic heterocycles. The predicted molar refractivity (Wildman–Crippen MR) is 88.3 cm³/mol. The van der Waals surface area contributed by atoms with Crippen LogP contribution in [0.4, 0.5) is 0 Å². The summed E-state index contributed by atoms with van der Waals surface area (Å²) in [5.41, 5.74) is 0.946. The molecule has 2 aliphatic rings. The summed E-state index contributed by atoms with van der Waals surface area (Å²) in [4.78, 5) is 0. The number of hydrogen-bond donors (Lipinski definition) is 1. The van der Waals surface area contributed by atoms with Crippen LogP contribution < -0.4 is 5.32 Å². The fraction of sp³-hybridized carbons (Fsp3) is 0.556. The van der Waals surface area contributed by atoms with Crippen molar-refractivity contribution >= 4 is 0 Å². The lowest BCUT2D eigenvalue weighted by molar-refractivity contribution is -0.140. The van der Waals surface area contributed by atoms with Crippen LogP contribution in [0.2, 0.25) is 0 Å². The maximum absolute atomic E-state index is 6.08. The Morgan fingerprint density at radius 2 is 1.92 bits per heavy atom. The van der Waals surface area contributed by atoms with Gasteiger partial charge in [0.25, 0.3) is 0 Å². The Morgan fingerprint density at radius 1 is 1.08 bits per heavy atom. The van der Waals surface area contributed by atoms with E-state index in [1.807, 2.05) is 30.3 Å². The number of aromatic nitrogens is 2. The molecule has 2 saturated heterocycles. The molecule has 128 valence electrons. The van der Waals surface area contributed by atoms with Gasteiger partial charge in [-0.2, -0.15) is 0 Å². The molecular formula is C18H23N3O3. The minimum absolute atomic E-state index is 0.00178. The van der Waals surface area contributed by atoms with Gasteiger partial charge >= 0.3 is 0 Å². The molecule has 1 aromatic carbocycles. The predicted octanol–water partition coefficient (Wildman–Crippen LogP) is 2.55. The van der Waals surface area contributed by atoms with Crippen molar-refractivity contribution in [1.82, 2.24) is 15.5 Å². The molecule has 4 rings (SSSR count). The van der Waals surface area contributed by atoms with E-state index in [-0.39, 0.29) is 5.60 Å². The lowest BCUT2D eigenvalue weighted by Crippen LogP contribution is -2.49. The Balaban J connectivity index is 1.34. The second kappa shape index (κ2) is 7.01. The molecule has 3 heterocycles. The van der Waals surface area contributed by atoms with Gasteiger partial charge in [-0.1, -0.05) is 18.2 Å². The van der Waals surface area contributed by atoms with Gasteiger partial charge in [0, 0.05) is 31.4 Å². The zero-order valence-electron chi connectivity index (χ0n) is 13.7. The number of rotatable bonds is 4. The fourth-order valence-electron chi connectivity index (χ4n) is 3.55. The number of ether oxygens (including phenoxy) is 2. The number of nitrogens with one attached hydrogen (secondary N) is 1. The second-order valence-corrected chi connectivity index (χ2v) is 6.58. The number of benzene rings is 1. The van der Waals surface area contributed by atoms with E-state index in [1.165, 1.54) is 0 Å². The number of nitrogens with zero attached hydrogens (tertiary/aromatic N) is 2. The van der Waals surface area contributed by atoms with E-state index in [1.54, 1.807) is 0 Å². The zero-order chi connectivity index (χ0) is 16.2. The van der Waals surface area contributed by atoms with Crippen LogP contribution >= 0.6 is 0 Å². The molecule has 1 N–H and O–H groups in total. The van der Waals surface area contributed by atoms with Crippen LogP contribution in [0.1, 0.15) is 31.6 Å². The van der Waals surface area contributed by atoms with Crippen molar-refractivity contribution < 1.29 is 13.9 Å². The molecule has 0 aliphatic carbocycles. The van der Waals surface area contributed by atoms with Crippen LogP contribution in [0.25, 0.3) is 11.5 Å². The first-order chi connectivity index (χ1) is 11.8. The van der Waals surface area contributed by atoms with Gasteiger partial charge in [-0.3, -0.25) is 0 Å². The number of hydrogen-bond acceptors (Lipinski definition) is 6. The Morgan fingerprint density at radius 3 is 2.75 bits per heavy atom.